The van der Waals surface area contributed by atoms with Crippen LogP contribution in [0.1, 0.15) is 73.1 Å². The number of carbonyl (C=O) groups excluding carboxylic acids is 1. The molecule has 200 valence electrons. The van der Waals surface area contributed by atoms with Gasteiger partial charge in [-0.3, -0.25) is 14.7 Å². The van der Waals surface area contributed by atoms with Gasteiger partial charge in [-0.15, -0.1) is 0 Å². The minimum Gasteiger partial charge on any atom is -0.465 e. The van der Waals surface area contributed by atoms with Crippen molar-refractivity contribution in [3.05, 3.63) is 77.0 Å². The van der Waals surface area contributed by atoms with Crippen molar-refractivity contribution in [3.63, 3.8) is 0 Å². The Bertz CT molecular complexity index is 1300. The van der Waals surface area contributed by atoms with Crippen molar-refractivity contribution in [1.82, 2.24) is 15.2 Å². The normalized spacial score (nSPS) is 18.9. The number of carboxylic acid groups (broad SMARTS) is 1. The van der Waals surface area contributed by atoms with E-state index in [0.717, 1.165) is 73.0 Å². The van der Waals surface area contributed by atoms with Gasteiger partial charge in [0.2, 0.25) is 0 Å². The van der Waals surface area contributed by atoms with Gasteiger partial charge in [-0.05, 0) is 95.0 Å². The van der Waals surface area contributed by atoms with Gasteiger partial charge in [0.1, 0.15) is 0 Å². The van der Waals surface area contributed by atoms with Crippen LogP contribution in [0.3, 0.4) is 0 Å². The van der Waals surface area contributed by atoms with E-state index >= 15 is 0 Å². The second-order valence-electron chi connectivity index (χ2n) is 11.8. The SMILES string of the molecule is CC(C)(Cc1c2c(nc3ccccc13)CCC(CCC1CCN(Cc3ccccc3)CC1)C2=O)NC(=O)O. The van der Waals surface area contributed by atoms with Gasteiger partial charge in [-0.1, -0.05) is 48.5 Å². The monoisotopic (exact) mass is 513 g/mol. The fourth-order valence-corrected chi connectivity index (χ4v) is 6.40. The van der Waals surface area contributed by atoms with E-state index in [4.69, 9.17) is 4.98 Å². The molecule has 1 amide bonds. The first kappa shape index (κ1) is 26.4. The smallest absolute Gasteiger partial charge is 0.405 e. The zero-order chi connectivity index (χ0) is 26.7. The molecule has 1 saturated heterocycles. The first-order valence-corrected chi connectivity index (χ1v) is 14.0. The Morgan fingerprint density at radius 2 is 1.74 bits per heavy atom. The first-order chi connectivity index (χ1) is 18.3. The van der Waals surface area contributed by atoms with Gasteiger partial charge in [-0.2, -0.15) is 0 Å². The van der Waals surface area contributed by atoms with Gasteiger partial charge in [0.05, 0.1) is 11.2 Å². The molecule has 3 aromatic rings. The van der Waals surface area contributed by atoms with Crippen LogP contribution in [0, 0.1) is 11.8 Å². The van der Waals surface area contributed by atoms with Crippen LogP contribution in [0.2, 0.25) is 0 Å². The molecule has 0 radical (unpaired) electrons. The number of para-hydroxylation sites is 1. The molecule has 1 aliphatic carbocycles. The quantitative estimate of drug-likeness (QED) is 0.371. The lowest BCUT2D eigenvalue weighted by atomic mass is 9.76. The predicted molar refractivity (Wildman–Crippen MR) is 151 cm³/mol. The lowest BCUT2D eigenvalue weighted by Crippen LogP contribution is -2.45. The summed E-state index contributed by atoms with van der Waals surface area (Å²) in [5, 5.41) is 12.9. The van der Waals surface area contributed by atoms with Crippen LogP contribution in [-0.4, -0.2) is 45.5 Å². The Morgan fingerprint density at radius 3 is 2.47 bits per heavy atom. The maximum Gasteiger partial charge on any atom is 0.405 e. The molecule has 0 saturated carbocycles. The van der Waals surface area contributed by atoms with Gasteiger partial charge in [0, 0.05) is 29.0 Å². The van der Waals surface area contributed by atoms with Crippen molar-refractivity contribution in [3.8, 4) is 0 Å². The standard InChI is InChI=1S/C32H39N3O3/c1-32(2,34-31(37)38)20-26-25-10-6-7-11-27(25)33-28-15-14-24(30(36)29(26)28)13-12-22-16-18-35(19-17-22)21-23-8-4-3-5-9-23/h3-11,22,24,34H,12-21H2,1-2H3,(H,37,38). The number of ketones is 1. The maximum atomic E-state index is 13.9. The number of benzene rings is 2. The molecule has 2 aliphatic rings. The second kappa shape index (κ2) is 11.2. The van der Waals surface area contributed by atoms with Gasteiger partial charge in [0.25, 0.3) is 0 Å². The van der Waals surface area contributed by atoms with E-state index in [9.17, 15) is 14.7 Å². The van der Waals surface area contributed by atoms with Crippen molar-refractivity contribution in [2.24, 2.45) is 11.8 Å². The largest absolute Gasteiger partial charge is 0.465 e. The van der Waals surface area contributed by atoms with Crippen LogP contribution in [-0.2, 0) is 19.4 Å². The number of aryl methyl sites for hydroxylation is 1. The van der Waals surface area contributed by atoms with E-state index in [1.807, 2.05) is 38.1 Å². The molecule has 6 heteroatoms. The molecular formula is C32H39N3O3. The Labute approximate surface area is 225 Å². The van der Waals surface area contributed by atoms with Crippen LogP contribution < -0.4 is 5.32 Å². The summed E-state index contributed by atoms with van der Waals surface area (Å²) in [6.45, 7) is 7.00. The Kier molecular flexibility index (Phi) is 7.80. The molecule has 6 nitrogen and oxygen atoms in total. The highest BCUT2D eigenvalue weighted by atomic mass is 16.4. The molecule has 5 rings (SSSR count). The summed E-state index contributed by atoms with van der Waals surface area (Å²) in [7, 11) is 0. The average Bonchev–Trinajstić information content (AvgIpc) is 2.89. The topological polar surface area (TPSA) is 82.5 Å². The number of nitrogens with one attached hydrogen (secondary N) is 1. The number of rotatable bonds is 8. The Morgan fingerprint density at radius 1 is 1.03 bits per heavy atom. The van der Waals surface area contributed by atoms with Gasteiger partial charge in [0.15, 0.2) is 5.78 Å². The predicted octanol–water partition coefficient (Wildman–Crippen LogP) is 6.26. The van der Waals surface area contributed by atoms with Crippen molar-refractivity contribution in [2.45, 2.75) is 70.9 Å². The number of aromatic nitrogens is 1. The lowest BCUT2D eigenvalue weighted by Gasteiger charge is -2.33. The van der Waals surface area contributed by atoms with Crippen molar-refractivity contribution in [2.75, 3.05) is 13.1 Å². The molecule has 1 fully saturated rings. The third-order valence-electron chi connectivity index (χ3n) is 8.37. The second-order valence-corrected chi connectivity index (χ2v) is 11.8. The number of carbonyl (C=O) groups is 2. The Balaban J connectivity index is 1.27. The van der Waals surface area contributed by atoms with E-state index < -0.39 is 11.6 Å². The molecule has 0 spiro atoms. The number of fused-ring (bicyclic) bond motifs is 2. The minimum atomic E-state index is -1.05. The fraction of sp³-hybridized carbons (Fsp3) is 0.469. The number of likely N-dealkylation sites (tertiary alicyclic amines) is 1. The lowest BCUT2D eigenvalue weighted by molar-refractivity contribution is 0.0879. The molecular weight excluding hydrogens is 474 g/mol. The van der Waals surface area contributed by atoms with E-state index in [1.54, 1.807) is 0 Å². The first-order valence-electron chi connectivity index (χ1n) is 14.0. The summed E-state index contributed by atoms with van der Waals surface area (Å²) in [5.74, 6) is 0.887. The molecule has 1 unspecified atom stereocenters. The number of piperidine rings is 1. The fourth-order valence-electron chi connectivity index (χ4n) is 6.40. The summed E-state index contributed by atoms with van der Waals surface area (Å²) in [5.41, 5.74) is 4.11. The summed E-state index contributed by atoms with van der Waals surface area (Å²) in [6, 6.07) is 18.6. The van der Waals surface area contributed by atoms with Crippen LogP contribution in [0.25, 0.3) is 10.9 Å². The van der Waals surface area contributed by atoms with Crippen LogP contribution in [0.5, 0.6) is 0 Å². The van der Waals surface area contributed by atoms with Gasteiger partial charge >= 0.3 is 6.09 Å². The average molecular weight is 514 g/mol. The molecule has 1 aromatic heterocycles. The molecule has 0 bridgehead atoms. The van der Waals surface area contributed by atoms with Crippen LogP contribution in [0.4, 0.5) is 4.79 Å². The summed E-state index contributed by atoms with van der Waals surface area (Å²) >= 11 is 0. The third-order valence-corrected chi connectivity index (χ3v) is 8.37. The zero-order valence-electron chi connectivity index (χ0n) is 22.6. The highest BCUT2D eigenvalue weighted by Crippen LogP contribution is 2.36. The van der Waals surface area contributed by atoms with Crippen molar-refractivity contribution < 1.29 is 14.7 Å². The summed E-state index contributed by atoms with van der Waals surface area (Å²) in [6.07, 6.45) is 5.43. The van der Waals surface area contributed by atoms with Crippen molar-refractivity contribution in [1.29, 1.82) is 0 Å². The Hall–Kier alpha value is -3.25. The van der Waals surface area contributed by atoms with E-state index in [0.29, 0.717) is 12.3 Å². The number of amides is 1. The van der Waals surface area contributed by atoms with Crippen LogP contribution in [0.15, 0.2) is 54.6 Å². The zero-order valence-corrected chi connectivity index (χ0v) is 22.6. The van der Waals surface area contributed by atoms with Gasteiger partial charge < -0.3 is 10.4 Å². The number of hydrogen-bond acceptors (Lipinski definition) is 4. The van der Waals surface area contributed by atoms with Crippen LogP contribution >= 0.6 is 0 Å². The highest BCUT2D eigenvalue weighted by Gasteiger charge is 2.34. The summed E-state index contributed by atoms with van der Waals surface area (Å²) in [4.78, 5) is 32.8. The van der Waals surface area contributed by atoms with Gasteiger partial charge in [-0.25, -0.2) is 4.79 Å². The maximum absolute atomic E-state index is 13.9. The molecule has 2 N–H and O–H groups in total. The van der Waals surface area contributed by atoms with E-state index in [1.165, 1.54) is 18.4 Å². The molecule has 1 aliphatic heterocycles. The van der Waals surface area contributed by atoms with E-state index in [-0.39, 0.29) is 11.7 Å². The summed E-state index contributed by atoms with van der Waals surface area (Å²) < 4.78 is 0. The number of nitrogens with zero attached hydrogens (tertiary/aromatic N) is 2. The number of Topliss-reactive ketones (excluding diaryl/α,β-unsaturated/α-hetero) is 1. The van der Waals surface area contributed by atoms with E-state index in [2.05, 4.69) is 40.5 Å². The third kappa shape index (κ3) is 6.07. The number of pyridine rings is 1. The number of hydrogen-bond donors (Lipinski definition) is 2. The molecule has 2 heterocycles. The molecule has 2 aromatic carbocycles. The highest BCUT2D eigenvalue weighted by molar-refractivity contribution is 6.05. The minimum absolute atomic E-state index is 0.0158. The van der Waals surface area contributed by atoms with Crippen molar-refractivity contribution >= 4 is 22.8 Å². The molecule has 1 atom stereocenters. The molecule has 38 heavy (non-hydrogen) atoms.